The fourth-order valence-electron chi connectivity index (χ4n) is 6.71. The molecule has 0 radical (unpaired) electrons. The largest absolute Gasteiger partial charge is 0.347 e. The highest BCUT2D eigenvalue weighted by atomic mass is 16.7. The number of nitrogens with zero attached hydrogens (tertiary/aromatic N) is 1. The molecule has 0 unspecified atom stereocenters. The van der Waals surface area contributed by atoms with E-state index >= 15 is 0 Å². The molecule has 134 valence electrons. The summed E-state index contributed by atoms with van der Waals surface area (Å²) in [6, 6.07) is 2.05. The van der Waals surface area contributed by atoms with Gasteiger partial charge in [-0.25, -0.2) is 0 Å². The van der Waals surface area contributed by atoms with E-state index in [9.17, 15) is 0 Å². The van der Waals surface area contributed by atoms with Crippen LogP contribution in [0.1, 0.15) is 65.7 Å². The molecular weight excluding hydrogens is 310 g/mol. The van der Waals surface area contributed by atoms with Gasteiger partial charge in [0.15, 0.2) is 11.9 Å². The molecule has 0 aromatic carbocycles. The first-order valence-corrected chi connectivity index (χ1v) is 9.81. The maximum Gasteiger partial charge on any atom is 0.173 e. The van der Waals surface area contributed by atoms with Crippen LogP contribution in [-0.2, 0) is 9.47 Å². The third-order valence-corrected chi connectivity index (χ3v) is 7.85. The molecule has 4 aliphatic rings. The molecule has 1 heterocycles. The molecule has 3 nitrogen and oxygen atoms in total. The number of rotatable bonds is 0. The fraction of sp³-hybridized carbons (Fsp3) is 0.773. The van der Waals surface area contributed by atoms with Crippen LogP contribution in [0.5, 0.6) is 0 Å². The van der Waals surface area contributed by atoms with Crippen molar-refractivity contribution >= 4 is 0 Å². The van der Waals surface area contributed by atoms with Crippen molar-refractivity contribution in [2.45, 2.75) is 71.5 Å². The molecule has 0 N–H and O–H groups in total. The summed E-state index contributed by atoms with van der Waals surface area (Å²) in [6.07, 6.45) is 10.1. The Morgan fingerprint density at radius 3 is 2.56 bits per heavy atom. The van der Waals surface area contributed by atoms with Crippen molar-refractivity contribution in [3.05, 3.63) is 11.6 Å². The Labute approximate surface area is 151 Å². The highest BCUT2D eigenvalue weighted by molar-refractivity contribution is 5.40. The second-order valence-electron chi connectivity index (χ2n) is 9.13. The summed E-state index contributed by atoms with van der Waals surface area (Å²) >= 11 is 0. The zero-order chi connectivity index (χ0) is 17.8. The molecule has 0 amide bonds. The van der Waals surface area contributed by atoms with E-state index in [0.29, 0.717) is 19.1 Å². The molecule has 2 saturated carbocycles. The molecule has 0 bridgehead atoms. The third kappa shape index (κ3) is 2.19. The van der Waals surface area contributed by atoms with Crippen molar-refractivity contribution in [1.82, 2.24) is 0 Å². The van der Waals surface area contributed by atoms with E-state index in [1.807, 2.05) is 0 Å². The van der Waals surface area contributed by atoms with Gasteiger partial charge in [0.05, 0.1) is 18.6 Å². The highest BCUT2D eigenvalue weighted by Gasteiger charge is 2.65. The molecule has 3 aliphatic carbocycles. The molecule has 3 atom stereocenters. The zero-order valence-corrected chi connectivity index (χ0v) is 15.8. The van der Waals surface area contributed by atoms with E-state index in [1.165, 1.54) is 12.0 Å². The quantitative estimate of drug-likeness (QED) is 0.479. The lowest BCUT2D eigenvalue weighted by atomic mass is 9.43. The first-order chi connectivity index (χ1) is 11.9. The number of fused-ring (bicyclic) bond motifs is 3. The molecule has 0 aromatic rings. The smallest absolute Gasteiger partial charge is 0.173 e. The third-order valence-electron chi connectivity index (χ3n) is 7.85. The van der Waals surface area contributed by atoms with Crippen molar-refractivity contribution in [3.8, 4) is 17.9 Å². The summed E-state index contributed by atoms with van der Waals surface area (Å²) < 4.78 is 12.4. The van der Waals surface area contributed by atoms with Gasteiger partial charge in [0.1, 0.15) is 0 Å². The topological polar surface area (TPSA) is 42.2 Å². The molecule has 1 saturated heterocycles. The predicted molar refractivity (Wildman–Crippen MR) is 96.2 cm³/mol. The van der Waals surface area contributed by atoms with Crippen molar-refractivity contribution in [1.29, 1.82) is 5.26 Å². The number of ether oxygens (including phenoxy) is 2. The Balaban J connectivity index is 1.78. The first-order valence-electron chi connectivity index (χ1n) is 9.81. The Bertz CT molecular complexity index is 698. The van der Waals surface area contributed by atoms with Gasteiger partial charge in [-0.3, -0.25) is 0 Å². The molecule has 3 heteroatoms. The van der Waals surface area contributed by atoms with Crippen molar-refractivity contribution < 1.29 is 9.47 Å². The maximum absolute atomic E-state index is 9.03. The molecule has 3 fully saturated rings. The van der Waals surface area contributed by atoms with Crippen LogP contribution < -0.4 is 0 Å². The van der Waals surface area contributed by atoms with Gasteiger partial charge < -0.3 is 9.47 Å². The van der Waals surface area contributed by atoms with Gasteiger partial charge in [0.25, 0.3) is 0 Å². The Kier molecular flexibility index (Phi) is 3.84. The van der Waals surface area contributed by atoms with E-state index in [-0.39, 0.29) is 16.2 Å². The minimum absolute atomic E-state index is 0.0242. The molecule has 0 aromatic heterocycles. The Morgan fingerprint density at radius 2 is 1.84 bits per heavy atom. The standard InChI is InChI=1S/C22H29NO2/c1-19(2)17-8-11-21(10-6-14-23)9-5-4-7-18(21)20(17,3)12-13-22(19)24-15-16-25-22/h7,17H,4-5,8-9,11-13,15-16H2,1-3H3/t17-,20-,21-/m0/s1. The van der Waals surface area contributed by atoms with Gasteiger partial charge in [-0.15, -0.1) is 0 Å². The van der Waals surface area contributed by atoms with Crippen LogP contribution in [0.15, 0.2) is 11.6 Å². The number of hydrogen-bond acceptors (Lipinski definition) is 3. The van der Waals surface area contributed by atoms with Gasteiger partial charge in [0.2, 0.25) is 0 Å². The Morgan fingerprint density at radius 1 is 1.08 bits per heavy atom. The van der Waals surface area contributed by atoms with E-state index in [1.54, 1.807) is 0 Å². The minimum atomic E-state index is -0.412. The number of hydrogen-bond donors (Lipinski definition) is 0. The average molecular weight is 339 g/mol. The van der Waals surface area contributed by atoms with Gasteiger partial charge >= 0.3 is 0 Å². The number of allylic oxidation sites excluding steroid dienone is 2. The molecule has 1 spiro atoms. The van der Waals surface area contributed by atoms with Gasteiger partial charge in [-0.05, 0) is 55.4 Å². The highest BCUT2D eigenvalue weighted by Crippen LogP contribution is 2.68. The van der Waals surface area contributed by atoms with Gasteiger partial charge in [-0.2, -0.15) is 5.26 Å². The van der Waals surface area contributed by atoms with Crippen LogP contribution in [0.3, 0.4) is 0 Å². The van der Waals surface area contributed by atoms with Crippen LogP contribution in [-0.4, -0.2) is 19.0 Å². The van der Waals surface area contributed by atoms with Gasteiger partial charge in [-0.1, -0.05) is 32.8 Å². The predicted octanol–water partition coefficient (Wildman–Crippen LogP) is 4.59. The second-order valence-corrected chi connectivity index (χ2v) is 9.13. The first kappa shape index (κ1) is 17.1. The maximum atomic E-state index is 9.03. The SMILES string of the molecule is CC1(C)[C@@H]2CC[C@@]3(C#CC#N)CCCC=C3[C@@]2(C)CCC12OCCO2. The second kappa shape index (κ2) is 5.60. The normalized spacial score (nSPS) is 40.9. The van der Waals surface area contributed by atoms with Gasteiger partial charge in [0, 0.05) is 17.8 Å². The van der Waals surface area contributed by atoms with Crippen molar-refractivity contribution in [3.63, 3.8) is 0 Å². The minimum Gasteiger partial charge on any atom is -0.347 e. The summed E-state index contributed by atoms with van der Waals surface area (Å²) in [5, 5.41) is 9.03. The molecular formula is C22H29NO2. The monoisotopic (exact) mass is 339 g/mol. The number of nitriles is 1. The zero-order valence-electron chi connectivity index (χ0n) is 15.8. The van der Waals surface area contributed by atoms with E-state index in [2.05, 4.69) is 44.8 Å². The van der Waals surface area contributed by atoms with Crippen LogP contribution in [0, 0.1) is 45.3 Å². The van der Waals surface area contributed by atoms with Crippen LogP contribution in [0.25, 0.3) is 0 Å². The summed E-state index contributed by atoms with van der Waals surface area (Å²) in [6.45, 7) is 8.57. The summed E-state index contributed by atoms with van der Waals surface area (Å²) in [4.78, 5) is 0. The molecule has 1 aliphatic heterocycles. The average Bonchev–Trinajstić information content (AvgIpc) is 3.08. The van der Waals surface area contributed by atoms with Crippen LogP contribution in [0.2, 0.25) is 0 Å². The van der Waals surface area contributed by atoms with Crippen molar-refractivity contribution in [2.24, 2.45) is 22.2 Å². The lowest BCUT2D eigenvalue weighted by Crippen LogP contribution is -2.61. The van der Waals surface area contributed by atoms with Crippen LogP contribution >= 0.6 is 0 Å². The molecule has 25 heavy (non-hydrogen) atoms. The summed E-state index contributed by atoms with van der Waals surface area (Å²) in [7, 11) is 0. The summed E-state index contributed by atoms with van der Waals surface area (Å²) in [5.74, 6) is 6.26. The Hall–Kier alpha value is -1.29. The van der Waals surface area contributed by atoms with E-state index < -0.39 is 5.79 Å². The van der Waals surface area contributed by atoms with Crippen molar-refractivity contribution in [2.75, 3.05) is 13.2 Å². The fourth-order valence-corrected chi connectivity index (χ4v) is 6.71. The molecule has 4 rings (SSSR count). The lowest BCUT2D eigenvalue weighted by Gasteiger charge is -2.64. The lowest BCUT2D eigenvalue weighted by molar-refractivity contribution is -0.284. The van der Waals surface area contributed by atoms with Crippen LogP contribution in [0.4, 0.5) is 0 Å². The van der Waals surface area contributed by atoms with E-state index in [4.69, 9.17) is 14.7 Å². The summed E-state index contributed by atoms with van der Waals surface area (Å²) in [5.41, 5.74) is 1.55. The van der Waals surface area contributed by atoms with E-state index in [0.717, 1.165) is 38.5 Å².